The number of hydrogen-bond donors (Lipinski definition) is 0. The molecule has 28 heavy (non-hydrogen) atoms. The Balaban J connectivity index is -0.000000325. The molecule has 0 heterocycles. The molecule has 0 unspecified atom stereocenters. The van der Waals surface area contributed by atoms with Gasteiger partial charge in [0.05, 0.1) is 12.6 Å². The molecular weight excluding hydrogens is 446 g/mol. The molecular formula is C22H31NO3SiZr. The van der Waals surface area contributed by atoms with E-state index in [1.807, 2.05) is 32.9 Å². The number of hydrogen-bond acceptors (Lipinski definition) is 3. The molecule has 150 valence electrons. The molecule has 2 aromatic carbocycles. The van der Waals surface area contributed by atoms with E-state index in [0.717, 1.165) is 0 Å². The predicted octanol–water partition coefficient (Wildman–Crippen LogP) is 5.66. The second kappa shape index (κ2) is 16.7. The van der Waals surface area contributed by atoms with Gasteiger partial charge < -0.3 is 27.0 Å². The van der Waals surface area contributed by atoms with Crippen LogP contribution in [0.25, 0.3) is 5.15 Å². The second-order valence-electron chi connectivity index (χ2n) is 7.40. The molecule has 0 amide bonds. The third-order valence-electron chi connectivity index (χ3n) is 2.38. The first-order chi connectivity index (χ1) is 12.1. The molecule has 0 radical (unpaired) electrons. The summed E-state index contributed by atoms with van der Waals surface area (Å²) in [6.45, 7) is 12.5. The van der Waals surface area contributed by atoms with E-state index in [1.165, 1.54) is 0 Å². The van der Waals surface area contributed by atoms with Crippen LogP contribution in [0.5, 0.6) is 0 Å². The van der Waals surface area contributed by atoms with E-state index in [-0.39, 0.29) is 39.2 Å². The largest absolute Gasteiger partial charge is 4.00 e. The summed E-state index contributed by atoms with van der Waals surface area (Å²) in [6, 6.07) is 17.8. The van der Waals surface area contributed by atoms with Crippen LogP contribution in [0.4, 0.5) is 0 Å². The maximum atomic E-state index is 9.88. The maximum absolute atomic E-state index is 9.88. The quantitative estimate of drug-likeness (QED) is 0.325. The van der Waals surface area contributed by atoms with Gasteiger partial charge in [-0.1, -0.05) is 31.8 Å². The molecule has 0 aromatic heterocycles. The Kier molecular flexibility index (Phi) is 18.8. The normalized spacial score (nSPS) is 9.79. The molecule has 0 fully saturated rings. The predicted molar refractivity (Wildman–Crippen MR) is 116 cm³/mol. The summed E-state index contributed by atoms with van der Waals surface area (Å²) in [7, 11) is -1.36. The number of carbonyl (C=O) groups excluding carboxylic acids is 2. The third-order valence-corrected chi connectivity index (χ3v) is 3.02. The molecule has 0 bridgehead atoms. The van der Waals surface area contributed by atoms with Gasteiger partial charge in [-0.05, 0) is 29.0 Å². The van der Waals surface area contributed by atoms with Crippen LogP contribution < -0.4 is 0 Å². The summed E-state index contributed by atoms with van der Waals surface area (Å²) in [5, 5.41) is 4.17. The van der Waals surface area contributed by atoms with E-state index >= 15 is 0 Å². The fourth-order valence-electron chi connectivity index (χ4n) is 1.29. The van der Waals surface area contributed by atoms with Gasteiger partial charge in [0.1, 0.15) is 0 Å². The van der Waals surface area contributed by atoms with Crippen molar-refractivity contribution in [2.45, 2.75) is 46.0 Å². The van der Waals surface area contributed by atoms with Gasteiger partial charge in [0.15, 0.2) is 0 Å². The van der Waals surface area contributed by atoms with Crippen molar-refractivity contribution in [2.75, 3.05) is 0 Å². The summed E-state index contributed by atoms with van der Waals surface area (Å²) >= 11 is 0. The smallest absolute Gasteiger partial charge is 0.537 e. The van der Waals surface area contributed by atoms with Crippen molar-refractivity contribution in [1.82, 2.24) is 0 Å². The first kappa shape index (κ1) is 31.5. The van der Waals surface area contributed by atoms with Crippen LogP contribution in [-0.4, -0.2) is 26.4 Å². The molecule has 6 heteroatoms. The fraction of sp³-hybridized carbons (Fsp3) is 0.318. The molecule has 4 nitrogen and oxygen atoms in total. The van der Waals surface area contributed by atoms with Crippen molar-refractivity contribution in [3.05, 3.63) is 84.4 Å². The van der Waals surface area contributed by atoms with Gasteiger partial charge in [0, 0.05) is 5.60 Å². The van der Waals surface area contributed by atoms with Crippen molar-refractivity contribution in [3.63, 3.8) is 0 Å². The van der Waals surface area contributed by atoms with Gasteiger partial charge in [-0.3, -0.25) is 0 Å². The van der Waals surface area contributed by atoms with Crippen LogP contribution in [0.2, 0.25) is 19.6 Å². The van der Waals surface area contributed by atoms with Crippen molar-refractivity contribution >= 4 is 20.8 Å². The average molecular weight is 477 g/mol. The minimum absolute atomic E-state index is 0. The van der Waals surface area contributed by atoms with Gasteiger partial charge in [0.25, 0.3) is 0 Å². The van der Waals surface area contributed by atoms with Gasteiger partial charge in [-0.25, -0.2) is 0 Å². The van der Waals surface area contributed by atoms with Crippen molar-refractivity contribution < 1.29 is 40.6 Å². The van der Waals surface area contributed by atoms with E-state index in [9.17, 15) is 9.59 Å². The summed E-state index contributed by atoms with van der Waals surface area (Å²) < 4.78 is 0. The monoisotopic (exact) mass is 475 g/mol. The Morgan fingerprint density at radius 3 is 1.25 bits per heavy atom. The molecule has 0 saturated carbocycles. The van der Waals surface area contributed by atoms with Gasteiger partial charge >= 0.3 is 26.2 Å². The van der Waals surface area contributed by atoms with Crippen molar-refractivity contribution in [3.8, 4) is 0 Å². The van der Waals surface area contributed by atoms with Crippen molar-refractivity contribution in [2.24, 2.45) is 0 Å². The number of rotatable bonds is 4. The summed E-state index contributed by atoms with van der Waals surface area (Å²) in [4.78, 5) is 25.0. The molecule has 0 aliphatic rings. The fourth-order valence-corrected chi connectivity index (χ4v) is 1.83. The minimum Gasteiger partial charge on any atom is -0.537 e. The summed E-state index contributed by atoms with van der Waals surface area (Å²) in [5.41, 5.74) is 1.08. The molecule has 2 aromatic rings. The Bertz CT molecular complexity index is 566. The zero-order chi connectivity index (χ0) is 20.1. The third kappa shape index (κ3) is 21.1. The maximum Gasteiger partial charge on any atom is 4.00 e. The van der Waals surface area contributed by atoms with Crippen molar-refractivity contribution in [1.29, 1.82) is 0 Å². The number of nitrogens with zero attached hydrogens (tertiary/aromatic N) is 1. The zero-order valence-electron chi connectivity index (χ0n) is 17.9. The molecule has 0 atom stereocenters. The summed E-state index contributed by atoms with van der Waals surface area (Å²) in [5.74, 6) is 0. The topological polar surface area (TPSA) is 57.5 Å². The van der Waals surface area contributed by atoms with Crippen LogP contribution in [-0.2, 0) is 40.6 Å². The first-order valence-electron chi connectivity index (χ1n) is 8.34. The van der Waals surface area contributed by atoms with Crippen LogP contribution in [0.3, 0.4) is 0 Å². The van der Waals surface area contributed by atoms with Crippen LogP contribution in [0.15, 0.2) is 60.7 Å². The Morgan fingerprint density at radius 1 is 0.786 bits per heavy atom. The van der Waals surface area contributed by atoms with Crippen LogP contribution >= 0.6 is 0 Å². The van der Waals surface area contributed by atoms with E-state index in [4.69, 9.17) is 4.84 Å². The number of benzene rings is 2. The minimum atomic E-state index is -1.36. The SMILES string of the molecule is CC(C)(C)O[N-][Si](C)(C)C.O=[C-]c1ccccc1.O=[C-]c1ccccc1.[CH3-].[Zr+4]. The zero-order valence-corrected chi connectivity index (χ0v) is 21.4. The van der Waals surface area contributed by atoms with Crippen LogP contribution in [0, 0.1) is 7.43 Å². The summed E-state index contributed by atoms with van der Waals surface area (Å²) in [6.07, 6.45) is 3.55. The average Bonchev–Trinajstić information content (AvgIpc) is 2.61. The Labute approximate surface area is 191 Å². The molecule has 0 N–H and O–H groups in total. The Morgan fingerprint density at radius 2 is 1.11 bits per heavy atom. The molecule has 2 rings (SSSR count). The van der Waals surface area contributed by atoms with Crippen LogP contribution in [0.1, 0.15) is 31.9 Å². The van der Waals surface area contributed by atoms with Gasteiger partial charge in [-0.15, -0.1) is 24.3 Å². The van der Waals surface area contributed by atoms with E-state index < -0.39 is 8.24 Å². The van der Waals surface area contributed by atoms with Gasteiger partial charge in [0.2, 0.25) is 0 Å². The standard InChI is InChI=1S/C7H18NOSi.2C7H5O.CH3.Zr/c1-7(2,3)9-8-10(4,5)6;2*8-6-7-4-2-1-3-5-7;;/h1-6H3;2*1-5H;1H3;/q4*-1;+4. The Hall–Kier alpha value is -1.20. The molecule has 0 saturated heterocycles. The van der Waals surface area contributed by atoms with E-state index in [0.29, 0.717) is 11.1 Å². The second-order valence-corrected chi connectivity index (χ2v) is 11.9. The molecule has 0 aliphatic heterocycles. The van der Waals surface area contributed by atoms with Gasteiger partial charge in [-0.2, -0.15) is 35.4 Å². The molecule has 0 spiro atoms. The molecule has 0 aliphatic carbocycles. The van der Waals surface area contributed by atoms with E-state index in [1.54, 1.807) is 61.1 Å². The van der Waals surface area contributed by atoms with E-state index in [2.05, 4.69) is 24.8 Å². The first-order valence-corrected chi connectivity index (χ1v) is 11.8.